The van der Waals surface area contributed by atoms with E-state index in [1.165, 1.54) is 0 Å². The highest BCUT2D eigenvalue weighted by atomic mass is 35.5. The van der Waals surface area contributed by atoms with Gasteiger partial charge in [0, 0.05) is 22.2 Å². The van der Waals surface area contributed by atoms with Gasteiger partial charge in [-0.1, -0.05) is 52.6 Å². The molecule has 0 fully saturated rings. The zero-order valence-electron chi connectivity index (χ0n) is 13.9. The number of aromatic nitrogens is 4. The summed E-state index contributed by atoms with van der Waals surface area (Å²) in [5, 5.41) is 15.8. The molecule has 3 rings (SSSR count). The summed E-state index contributed by atoms with van der Waals surface area (Å²) in [6.45, 7) is 5.13. The van der Waals surface area contributed by atoms with E-state index in [0.29, 0.717) is 35.7 Å². The quantitative estimate of drug-likeness (QED) is 0.579. The molecule has 0 saturated carbocycles. The Labute approximate surface area is 161 Å². The van der Waals surface area contributed by atoms with Crippen LogP contribution in [0.15, 0.2) is 55.1 Å². The average Bonchev–Trinajstić information content (AvgIpc) is 3.08. The molecule has 134 valence electrons. The van der Waals surface area contributed by atoms with Crippen molar-refractivity contribution in [3.8, 4) is 5.75 Å². The maximum Gasteiger partial charge on any atom is 0.243 e. The van der Waals surface area contributed by atoms with Gasteiger partial charge >= 0.3 is 0 Å². The molecular formula is C18H17Cl2N5O. The Hall–Kier alpha value is -2.57. The largest absolute Gasteiger partial charge is 0.489 e. The highest BCUT2D eigenvalue weighted by Gasteiger charge is 2.07. The van der Waals surface area contributed by atoms with Gasteiger partial charge in [0.05, 0.1) is 6.54 Å². The molecule has 1 N–H and O–H groups in total. The fourth-order valence-corrected chi connectivity index (χ4v) is 2.79. The first-order valence-corrected chi connectivity index (χ1v) is 8.68. The lowest BCUT2D eigenvalue weighted by Gasteiger charge is -2.10. The van der Waals surface area contributed by atoms with Crippen LogP contribution < -0.4 is 10.1 Å². The van der Waals surface area contributed by atoms with Crippen LogP contribution in [0.4, 0.5) is 5.95 Å². The molecule has 0 aliphatic carbocycles. The molecule has 0 saturated heterocycles. The second-order valence-electron chi connectivity index (χ2n) is 5.46. The SMILES string of the molecule is C=CCn1nnnc1NCc1ccc(OCc2c(Cl)cccc2Cl)cc1. The van der Waals surface area contributed by atoms with Crippen LogP contribution in [0.5, 0.6) is 5.75 Å². The summed E-state index contributed by atoms with van der Waals surface area (Å²) >= 11 is 12.3. The summed E-state index contributed by atoms with van der Waals surface area (Å²) < 4.78 is 7.41. The summed E-state index contributed by atoms with van der Waals surface area (Å²) in [4.78, 5) is 0. The Morgan fingerprint density at radius 1 is 1.12 bits per heavy atom. The van der Waals surface area contributed by atoms with Crippen LogP contribution in [0.3, 0.4) is 0 Å². The molecule has 0 aliphatic rings. The fraction of sp³-hybridized carbons (Fsp3) is 0.167. The average molecular weight is 390 g/mol. The molecule has 0 radical (unpaired) electrons. The van der Waals surface area contributed by atoms with Crippen LogP contribution in [-0.2, 0) is 19.7 Å². The molecule has 2 aromatic carbocycles. The van der Waals surface area contributed by atoms with Crippen molar-refractivity contribution in [2.24, 2.45) is 0 Å². The Morgan fingerprint density at radius 2 is 1.85 bits per heavy atom. The van der Waals surface area contributed by atoms with E-state index in [9.17, 15) is 0 Å². The first kappa shape index (κ1) is 18.2. The lowest BCUT2D eigenvalue weighted by molar-refractivity contribution is 0.306. The second kappa shape index (κ2) is 8.69. The maximum atomic E-state index is 6.15. The number of hydrogen-bond donors (Lipinski definition) is 1. The molecule has 0 unspecified atom stereocenters. The minimum atomic E-state index is 0.312. The number of hydrogen-bond acceptors (Lipinski definition) is 5. The normalized spacial score (nSPS) is 10.5. The number of allylic oxidation sites excluding steroid dienone is 1. The van der Waals surface area contributed by atoms with E-state index in [0.717, 1.165) is 16.9 Å². The first-order chi connectivity index (χ1) is 12.7. The lowest BCUT2D eigenvalue weighted by Crippen LogP contribution is -2.08. The highest BCUT2D eigenvalue weighted by Crippen LogP contribution is 2.26. The molecule has 0 amide bonds. The van der Waals surface area contributed by atoms with Crippen LogP contribution in [0.1, 0.15) is 11.1 Å². The van der Waals surface area contributed by atoms with E-state index in [-0.39, 0.29) is 0 Å². The van der Waals surface area contributed by atoms with Gasteiger partial charge < -0.3 is 10.1 Å². The Kier molecular flexibility index (Phi) is 6.09. The van der Waals surface area contributed by atoms with Crippen LogP contribution in [0.25, 0.3) is 0 Å². The van der Waals surface area contributed by atoms with Crippen molar-refractivity contribution in [1.29, 1.82) is 0 Å². The van der Waals surface area contributed by atoms with Gasteiger partial charge in [0.15, 0.2) is 0 Å². The van der Waals surface area contributed by atoms with Crippen molar-refractivity contribution < 1.29 is 4.74 Å². The van der Waals surface area contributed by atoms with Gasteiger partial charge in [0.2, 0.25) is 5.95 Å². The Bertz CT molecular complexity index is 859. The molecule has 1 heterocycles. The van der Waals surface area contributed by atoms with Crippen molar-refractivity contribution in [3.05, 3.63) is 76.3 Å². The molecule has 8 heteroatoms. The van der Waals surface area contributed by atoms with E-state index in [1.54, 1.807) is 29.0 Å². The number of nitrogens with one attached hydrogen (secondary N) is 1. The standard InChI is InChI=1S/C18H17Cl2N5O/c1-2-10-25-18(22-23-24-25)21-11-13-6-8-14(9-7-13)26-12-15-16(19)4-3-5-17(15)20/h2-9H,1,10-12H2,(H,21,22,24). The molecule has 26 heavy (non-hydrogen) atoms. The van der Waals surface area contributed by atoms with E-state index < -0.39 is 0 Å². The fourth-order valence-electron chi connectivity index (χ4n) is 2.29. The minimum absolute atomic E-state index is 0.312. The van der Waals surface area contributed by atoms with Gasteiger partial charge in [0.25, 0.3) is 0 Å². The highest BCUT2D eigenvalue weighted by molar-refractivity contribution is 6.35. The third kappa shape index (κ3) is 4.53. The van der Waals surface area contributed by atoms with Gasteiger partial charge in [-0.05, 0) is 40.3 Å². The van der Waals surface area contributed by atoms with Gasteiger partial charge in [-0.2, -0.15) is 0 Å². The van der Waals surface area contributed by atoms with Crippen molar-refractivity contribution in [3.63, 3.8) is 0 Å². The number of rotatable bonds is 8. The molecule has 0 spiro atoms. The van der Waals surface area contributed by atoms with Crippen molar-refractivity contribution >= 4 is 29.2 Å². The maximum absolute atomic E-state index is 6.15. The van der Waals surface area contributed by atoms with Crippen LogP contribution in [0, 0.1) is 0 Å². The Balaban J connectivity index is 1.56. The number of nitrogens with zero attached hydrogens (tertiary/aromatic N) is 4. The number of anilines is 1. The summed E-state index contributed by atoms with van der Waals surface area (Å²) in [7, 11) is 0. The van der Waals surface area contributed by atoms with Gasteiger partial charge in [-0.25, -0.2) is 4.68 Å². The van der Waals surface area contributed by atoms with Crippen molar-refractivity contribution in [2.75, 3.05) is 5.32 Å². The van der Waals surface area contributed by atoms with Crippen molar-refractivity contribution in [1.82, 2.24) is 20.2 Å². The van der Waals surface area contributed by atoms with E-state index in [2.05, 4.69) is 27.4 Å². The number of tetrazole rings is 1. The molecule has 0 aliphatic heterocycles. The summed E-state index contributed by atoms with van der Waals surface area (Å²) in [5.41, 5.74) is 1.84. The van der Waals surface area contributed by atoms with Crippen LogP contribution >= 0.6 is 23.2 Å². The molecule has 0 atom stereocenters. The zero-order chi connectivity index (χ0) is 18.4. The first-order valence-electron chi connectivity index (χ1n) is 7.93. The van der Waals surface area contributed by atoms with Gasteiger partial charge in [-0.15, -0.1) is 6.58 Å². The van der Waals surface area contributed by atoms with Crippen LogP contribution in [-0.4, -0.2) is 20.2 Å². The summed E-state index contributed by atoms with van der Waals surface area (Å²) in [6.07, 6.45) is 1.74. The third-order valence-electron chi connectivity index (χ3n) is 3.65. The molecule has 6 nitrogen and oxygen atoms in total. The van der Waals surface area contributed by atoms with E-state index in [4.69, 9.17) is 27.9 Å². The van der Waals surface area contributed by atoms with E-state index in [1.807, 2.05) is 24.3 Å². The topological polar surface area (TPSA) is 64.9 Å². The molecule has 3 aromatic rings. The number of ether oxygens (including phenoxy) is 1. The minimum Gasteiger partial charge on any atom is -0.489 e. The monoisotopic (exact) mass is 389 g/mol. The number of benzene rings is 2. The smallest absolute Gasteiger partial charge is 0.243 e. The molecule has 1 aromatic heterocycles. The van der Waals surface area contributed by atoms with Crippen molar-refractivity contribution in [2.45, 2.75) is 19.7 Å². The number of halogens is 2. The summed E-state index contributed by atoms with van der Waals surface area (Å²) in [6, 6.07) is 13.1. The predicted octanol–water partition coefficient (Wildman–Crippen LogP) is 4.36. The predicted molar refractivity (Wildman–Crippen MR) is 103 cm³/mol. The Morgan fingerprint density at radius 3 is 2.54 bits per heavy atom. The van der Waals surface area contributed by atoms with E-state index >= 15 is 0 Å². The van der Waals surface area contributed by atoms with Gasteiger partial charge in [0.1, 0.15) is 12.4 Å². The third-order valence-corrected chi connectivity index (χ3v) is 4.36. The molecular weight excluding hydrogens is 373 g/mol. The molecule has 0 bridgehead atoms. The van der Waals surface area contributed by atoms with Crippen LogP contribution in [0.2, 0.25) is 10.0 Å². The van der Waals surface area contributed by atoms with Gasteiger partial charge in [-0.3, -0.25) is 0 Å². The summed E-state index contributed by atoms with van der Waals surface area (Å²) in [5.74, 6) is 1.33. The second-order valence-corrected chi connectivity index (χ2v) is 6.27. The zero-order valence-corrected chi connectivity index (χ0v) is 15.4. The lowest BCUT2D eigenvalue weighted by atomic mass is 10.2.